The number of ether oxygens (including phenoxy) is 2. The number of rotatable bonds is 1. The number of amides is 2. The Morgan fingerprint density at radius 2 is 1.59 bits per heavy atom. The van der Waals surface area contributed by atoms with E-state index in [4.69, 9.17) is 9.47 Å². The Morgan fingerprint density at radius 3 is 2.09 bits per heavy atom. The lowest BCUT2D eigenvalue weighted by molar-refractivity contribution is -0.114. The van der Waals surface area contributed by atoms with Crippen molar-refractivity contribution in [1.29, 1.82) is 0 Å². The van der Waals surface area contributed by atoms with E-state index in [1.54, 1.807) is 41.5 Å². The van der Waals surface area contributed by atoms with E-state index < -0.39 is 23.4 Å². The second kappa shape index (κ2) is 6.37. The fraction of sp³-hybridized carbons (Fsp3) is 0.667. The van der Waals surface area contributed by atoms with Crippen LogP contribution in [-0.2, 0) is 14.3 Å². The molecule has 0 unspecified atom stereocenters. The van der Waals surface area contributed by atoms with Crippen molar-refractivity contribution in [1.82, 2.24) is 10.2 Å². The zero-order valence-electron chi connectivity index (χ0n) is 14.0. The zero-order valence-corrected chi connectivity index (χ0v) is 14.0. The van der Waals surface area contributed by atoms with Crippen LogP contribution in [-0.4, -0.2) is 47.2 Å². The van der Waals surface area contributed by atoms with Gasteiger partial charge < -0.3 is 9.47 Å². The monoisotopic (exact) mass is 312 g/mol. The molecule has 0 bridgehead atoms. The average Bonchev–Trinajstić information content (AvgIpc) is 2.63. The molecule has 1 rings (SSSR count). The molecule has 0 saturated carbocycles. The van der Waals surface area contributed by atoms with Gasteiger partial charge in [0.15, 0.2) is 5.78 Å². The Morgan fingerprint density at radius 1 is 1.05 bits per heavy atom. The third-order valence-electron chi connectivity index (χ3n) is 2.47. The van der Waals surface area contributed by atoms with Gasteiger partial charge in [-0.3, -0.25) is 15.0 Å². The highest BCUT2D eigenvalue weighted by Gasteiger charge is 2.32. The van der Waals surface area contributed by atoms with E-state index in [2.05, 4.69) is 5.32 Å². The first-order chi connectivity index (χ1) is 9.87. The molecule has 0 radical (unpaired) electrons. The molecule has 0 spiro atoms. The van der Waals surface area contributed by atoms with Gasteiger partial charge in [0.25, 0.3) is 0 Å². The van der Waals surface area contributed by atoms with Crippen LogP contribution in [0.4, 0.5) is 9.59 Å². The van der Waals surface area contributed by atoms with Crippen LogP contribution in [0.1, 0.15) is 41.5 Å². The van der Waals surface area contributed by atoms with Crippen LogP contribution in [0.3, 0.4) is 0 Å². The van der Waals surface area contributed by atoms with Crippen LogP contribution >= 0.6 is 0 Å². The molecule has 0 aromatic heterocycles. The number of alkyl carbamates (subject to hydrolysis) is 1. The topological polar surface area (TPSA) is 84.9 Å². The van der Waals surface area contributed by atoms with Crippen molar-refractivity contribution < 1.29 is 23.9 Å². The Kier molecular flexibility index (Phi) is 5.22. The molecule has 7 nitrogen and oxygen atoms in total. The molecule has 124 valence electrons. The number of hydrogen-bond acceptors (Lipinski definition) is 5. The molecule has 0 aliphatic carbocycles. The third-order valence-corrected chi connectivity index (χ3v) is 2.47. The minimum atomic E-state index is -0.650. The Hall–Kier alpha value is -2.05. The lowest BCUT2D eigenvalue weighted by atomic mass is 10.2. The lowest BCUT2D eigenvalue weighted by Gasteiger charge is -2.23. The standard InChI is InChI=1S/C15H24N2O5/c1-14(2,3)21-12(19)16-7-10-8-17(9-11(10)18)13(20)22-15(4,5)6/h7H,8-9H2,1-6H3,(H,16,19)/b10-7-. The Labute approximate surface area is 130 Å². The second-order valence-electron chi connectivity index (χ2n) is 7.08. The predicted octanol–water partition coefficient (Wildman–Crippen LogP) is 2.21. The fourth-order valence-corrected chi connectivity index (χ4v) is 1.66. The first kappa shape index (κ1) is 18.0. The van der Waals surface area contributed by atoms with Crippen LogP contribution in [0.2, 0.25) is 0 Å². The summed E-state index contributed by atoms with van der Waals surface area (Å²) in [6.45, 7) is 10.5. The summed E-state index contributed by atoms with van der Waals surface area (Å²) in [5, 5.41) is 2.40. The van der Waals surface area contributed by atoms with E-state index in [0.717, 1.165) is 0 Å². The number of likely N-dealkylation sites (tertiary alicyclic amines) is 1. The minimum absolute atomic E-state index is 0.0588. The Bertz CT molecular complexity index is 497. The van der Waals surface area contributed by atoms with Crippen molar-refractivity contribution >= 4 is 18.0 Å². The molecule has 1 fully saturated rings. The van der Waals surface area contributed by atoms with Gasteiger partial charge in [-0.05, 0) is 41.5 Å². The van der Waals surface area contributed by atoms with Gasteiger partial charge in [-0.15, -0.1) is 0 Å². The van der Waals surface area contributed by atoms with E-state index in [9.17, 15) is 14.4 Å². The van der Waals surface area contributed by atoms with Crippen LogP contribution in [0.25, 0.3) is 0 Å². The normalized spacial score (nSPS) is 17.6. The quantitative estimate of drug-likeness (QED) is 0.750. The maximum atomic E-state index is 11.9. The van der Waals surface area contributed by atoms with Crippen LogP contribution < -0.4 is 5.32 Å². The third kappa shape index (κ3) is 6.15. The highest BCUT2D eigenvalue weighted by atomic mass is 16.6. The van der Waals surface area contributed by atoms with Gasteiger partial charge in [-0.1, -0.05) is 0 Å². The first-order valence-corrected chi connectivity index (χ1v) is 7.07. The molecule has 0 atom stereocenters. The number of carbonyl (C=O) groups is 3. The van der Waals surface area contributed by atoms with Gasteiger partial charge in [0.1, 0.15) is 11.2 Å². The molecular formula is C15H24N2O5. The molecule has 7 heteroatoms. The molecule has 1 aliphatic rings. The summed E-state index contributed by atoms with van der Waals surface area (Å²) >= 11 is 0. The summed E-state index contributed by atoms with van der Waals surface area (Å²) in [6.07, 6.45) is 0.0749. The maximum absolute atomic E-state index is 11.9. The molecule has 1 N–H and O–H groups in total. The molecule has 1 aliphatic heterocycles. The van der Waals surface area contributed by atoms with Crippen molar-refractivity contribution in [2.75, 3.05) is 13.1 Å². The molecule has 22 heavy (non-hydrogen) atoms. The SMILES string of the molecule is CC(C)(C)OC(=O)N/C=C1/CN(C(=O)OC(C)(C)C)CC1=O. The van der Waals surface area contributed by atoms with E-state index in [1.807, 2.05) is 0 Å². The van der Waals surface area contributed by atoms with Crippen molar-refractivity contribution in [3.8, 4) is 0 Å². The largest absolute Gasteiger partial charge is 0.444 e. The van der Waals surface area contributed by atoms with Gasteiger partial charge in [-0.25, -0.2) is 9.59 Å². The highest BCUT2D eigenvalue weighted by molar-refractivity contribution is 6.02. The summed E-state index contributed by atoms with van der Waals surface area (Å²) in [5.41, 5.74) is -0.914. The van der Waals surface area contributed by atoms with Crippen molar-refractivity contribution in [2.24, 2.45) is 0 Å². The summed E-state index contributed by atoms with van der Waals surface area (Å²) in [5.74, 6) is -0.234. The van der Waals surface area contributed by atoms with Crippen LogP contribution in [0.15, 0.2) is 11.8 Å². The van der Waals surface area contributed by atoms with Crippen molar-refractivity contribution in [2.45, 2.75) is 52.7 Å². The minimum Gasteiger partial charge on any atom is -0.444 e. The number of hydrogen-bond donors (Lipinski definition) is 1. The van der Waals surface area contributed by atoms with E-state index >= 15 is 0 Å². The second-order valence-corrected chi connectivity index (χ2v) is 7.08. The molecule has 2 amide bonds. The smallest absolute Gasteiger partial charge is 0.411 e. The van der Waals surface area contributed by atoms with Gasteiger partial charge in [-0.2, -0.15) is 0 Å². The van der Waals surface area contributed by atoms with Crippen LogP contribution in [0, 0.1) is 0 Å². The molecule has 1 heterocycles. The number of nitrogens with zero attached hydrogens (tertiary/aromatic N) is 1. The average molecular weight is 312 g/mol. The predicted molar refractivity (Wildman–Crippen MR) is 80.3 cm³/mol. The number of carbonyl (C=O) groups excluding carboxylic acids is 3. The van der Waals surface area contributed by atoms with E-state index in [1.165, 1.54) is 11.1 Å². The molecule has 0 aromatic rings. The molecule has 0 aromatic carbocycles. The van der Waals surface area contributed by atoms with Crippen molar-refractivity contribution in [3.05, 3.63) is 11.8 Å². The van der Waals surface area contributed by atoms with Gasteiger partial charge in [0.2, 0.25) is 0 Å². The van der Waals surface area contributed by atoms with Gasteiger partial charge >= 0.3 is 12.2 Å². The van der Waals surface area contributed by atoms with Crippen molar-refractivity contribution in [3.63, 3.8) is 0 Å². The lowest BCUT2D eigenvalue weighted by Crippen LogP contribution is -2.35. The van der Waals surface area contributed by atoms with Gasteiger partial charge in [0.05, 0.1) is 13.1 Å². The summed E-state index contributed by atoms with van der Waals surface area (Å²) < 4.78 is 10.3. The molecular weight excluding hydrogens is 288 g/mol. The van der Waals surface area contributed by atoms with E-state index in [0.29, 0.717) is 5.57 Å². The molecule has 1 saturated heterocycles. The summed E-state index contributed by atoms with van der Waals surface area (Å²) in [6, 6.07) is 0. The number of ketones is 1. The zero-order chi connectivity index (χ0) is 17.1. The first-order valence-electron chi connectivity index (χ1n) is 7.07. The van der Waals surface area contributed by atoms with Crippen LogP contribution in [0.5, 0.6) is 0 Å². The van der Waals surface area contributed by atoms with E-state index in [-0.39, 0.29) is 18.9 Å². The Balaban J connectivity index is 2.60. The summed E-state index contributed by atoms with van der Waals surface area (Å²) in [4.78, 5) is 36.6. The highest BCUT2D eigenvalue weighted by Crippen LogP contribution is 2.16. The maximum Gasteiger partial charge on any atom is 0.411 e. The number of nitrogens with one attached hydrogen (secondary N) is 1. The summed E-state index contributed by atoms with van der Waals surface area (Å²) in [7, 11) is 0. The van der Waals surface area contributed by atoms with Gasteiger partial charge in [0, 0.05) is 11.8 Å². The fourth-order valence-electron chi connectivity index (χ4n) is 1.66. The number of Topliss-reactive ketones (excluding diaryl/α,β-unsaturated/α-hetero) is 1.